The summed E-state index contributed by atoms with van der Waals surface area (Å²) in [6.07, 6.45) is 11.9. The van der Waals surface area contributed by atoms with Crippen molar-refractivity contribution in [2.75, 3.05) is 170 Å². The summed E-state index contributed by atoms with van der Waals surface area (Å²) >= 11 is 0. The van der Waals surface area contributed by atoms with E-state index in [9.17, 15) is 38.5 Å². The van der Waals surface area contributed by atoms with Crippen LogP contribution < -0.4 is 49.2 Å². The predicted octanol–water partition coefficient (Wildman–Crippen LogP) is 4.25. The van der Waals surface area contributed by atoms with Crippen molar-refractivity contribution < 1.29 is 52.7 Å². The molecule has 102 heavy (non-hydrogen) atoms. The Hall–Kier alpha value is -7.97. The Labute approximate surface area is 598 Å². The van der Waals surface area contributed by atoms with Crippen molar-refractivity contribution in [1.82, 2.24) is 63.4 Å². The highest BCUT2D eigenvalue weighted by molar-refractivity contribution is 7.89. The van der Waals surface area contributed by atoms with Gasteiger partial charge in [0.05, 0.1) is 67.8 Å². The molecule has 0 saturated carbocycles. The Kier molecular flexibility index (Phi) is 28.5. The van der Waals surface area contributed by atoms with Gasteiger partial charge in [-0.05, 0) is 156 Å². The van der Waals surface area contributed by atoms with Crippen molar-refractivity contribution >= 4 is 113 Å². The number of rotatable bonds is 22. The minimum atomic E-state index is -3.64. The molecule has 8 aromatic rings. The normalized spacial score (nSPS) is 15.3. The zero-order chi connectivity index (χ0) is 73.9. The van der Waals surface area contributed by atoms with E-state index in [0.29, 0.717) is 89.3 Å². The SMILES string of the molecule is COc1cc2ncnc(NCCOCCNS(C)(=O)=O)c2cc1OC.Cc1cc2ncnc(N3CCCN(C(=O)CCS(N)(=O)=O)CC3)c2cc1C.Cc1cc2ncnc(N3CCCN(CCCNS(C)(=O)=O)CC3)c2cc1C.Cc1cc2ncnc(N3CCCN(S(N)(=O)=O)CC3)c2cc1C. The second-order valence-electron chi connectivity index (χ2n) is 25.4. The quantitative estimate of drug-likeness (QED) is 0.0592. The molecule has 0 radical (unpaired) electrons. The number of amides is 1. The second-order valence-corrected chi connectivity index (χ2v) is 32.4. The Morgan fingerprint density at radius 1 is 0.471 bits per heavy atom. The molecule has 3 saturated heterocycles. The molecule has 3 aliphatic heterocycles. The van der Waals surface area contributed by atoms with E-state index in [0.717, 1.165) is 132 Å². The molecule has 4 aromatic carbocycles. The van der Waals surface area contributed by atoms with Gasteiger partial charge in [0.1, 0.15) is 48.6 Å². The topological polar surface area (TPSA) is 392 Å². The van der Waals surface area contributed by atoms with Crippen LogP contribution in [-0.4, -0.2) is 244 Å². The fourth-order valence-corrected chi connectivity index (χ4v) is 14.1. The van der Waals surface area contributed by atoms with E-state index in [-0.39, 0.29) is 24.6 Å². The maximum atomic E-state index is 12.3. The number of anilines is 4. The summed E-state index contributed by atoms with van der Waals surface area (Å²) in [4.78, 5) is 58.2. The molecule has 1 amide bonds. The first-order chi connectivity index (χ1) is 48.4. The minimum absolute atomic E-state index is 0.0757. The van der Waals surface area contributed by atoms with Crippen molar-refractivity contribution in [3.63, 3.8) is 0 Å². The number of carbonyl (C=O) groups excluding carboxylic acids is 1. The summed E-state index contributed by atoms with van der Waals surface area (Å²) in [5.74, 6) is 4.10. The maximum Gasteiger partial charge on any atom is 0.276 e. The molecular weight excluding hydrogens is 1390 g/mol. The lowest BCUT2D eigenvalue weighted by Crippen LogP contribution is -2.39. The van der Waals surface area contributed by atoms with E-state index in [1.165, 1.54) is 50.3 Å². The third kappa shape index (κ3) is 23.5. The number of methoxy groups -OCH3 is 2. The molecule has 3 fully saturated rings. The zero-order valence-corrected chi connectivity index (χ0v) is 63.1. The summed E-state index contributed by atoms with van der Waals surface area (Å²) in [6, 6.07) is 16.3. The van der Waals surface area contributed by atoms with Crippen LogP contribution in [0.25, 0.3) is 43.6 Å². The average molecular weight is 1490 g/mol. The van der Waals surface area contributed by atoms with E-state index in [1.807, 2.05) is 6.07 Å². The molecule has 0 atom stereocenters. The first-order valence-electron chi connectivity index (χ1n) is 33.6. The molecule has 556 valence electrons. The number of aromatic nitrogens is 8. The Morgan fingerprint density at radius 2 is 0.902 bits per heavy atom. The van der Waals surface area contributed by atoms with Crippen LogP contribution in [0.4, 0.5) is 23.3 Å². The van der Waals surface area contributed by atoms with Gasteiger partial charge in [0.2, 0.25) is 36.0 Å². The summed E-state index contributed by atoms with van der Waals surface area (Å²) in [5.41, 5.74) is 10.8. The second kappa shape index (κ2) is 36.4. The van der Waals surface area contributed by atoms with E-state index >= 15 is 0 Å². The number of nitrogens with two attached hydrogens (primary N) is 2. The Bertz CT molecular complexity index is 4680. The lowest BCUT2D eigenvalue weighted by molar-refractivity contribution is -0.130. The van der Waals surface area contributed by atoms with Crippen molar-refractivity contribution in [3.8, 4) is 11.5 Å². The largest absolute Gasteiger partial charge is 0.493 e. The lowest BCUT2D eigenvalue weighted by Gasteiger charge is -2.24. The van der Waals surface area contributed by atoms with Gasteiger partial charge in [0.15, 0.2) is 11.5 Å². The van der Waals surface area contributed by atoms with Gasteiger partial charge in [-0.25, -0.2) is 84.8 Å². The minimum Gasteiger partial charge on any atom is -0.493 e. The smallest absolute Gasteiger partial charge is 0.276 e. The van der Waals surface area contributed by atoms with Gasteiger partial charge >= 0.3 is 0 Å². The van der Waals surface area contributed by atoms with E-state index in [1.54, 1.807) is 44.2 Å². The van der Waals surface area contributed by atoms with Gasteiger partial charge in [-0.2, -0.15) is 12.7 Å². The number of sulfonamides is 3. The number of primary sulfonamides is 1. The number of fused-ring (bicyclic) bond motifs is 4. The third-order valence-electron chi connectivity index (χ3n) is 17.7. The molecule has 0 unspecified atom stereocenters. The van der Waals surface area contributed by atoms with Gasteiger partial charge < -0.3 is 44.0 Å². The highest BCUT2D eigenvalue weighted by atomic mass is 32.2. The molecule has 3 aliphatic rings. The number of ether oxygens (including phenoxy) is 3. The molecule has 31 nitrogen and oxygen atoms in total. The van der Waals surface area contributed by atoms with Gasteiger partial charge in [0.25, 0.3) is 10.2 Å². The van der Waals surface area contributed by atoms with Gasteiger partial charge in [0, 0.05) is 126 Å². The average Bonchev–Trinajstić information content (AvgIpc) is 1.10. The Balaban J connectivity index is 0.000000173. The number of nitrogens with one attached hydrogen (secondary N) is 3. The number of nitrogens with zero attached hydrogens (tertiary/aromatic N) is 14. The number of aryl methyl sites for hydroxylation is 6. The van der Waals surface area contributed by atoms with Crippen LogP contribution in [0.3, 0.4) is 0 Å². The Morgan fingerprint density at radius 3 is 1.39 bits per heavy atom. The molecule has 7 heterocycles. The van der Waals surface area contributed by atoms with Crippen LogP contribution in [0.1, 0.15) is 65.5 Å². The highest BCUT2D eigenvalue weighted by Crippen LogP contribution is 2.34. The molecule has 11 rings (SSSR count). The van der Waals surface area contributed by atoms with Gasteiger partial charge in [-0.1, -0.05) is 0 Å². The van der Waals surface area contributed by atoms with Crippen LogP contribution in [0.5, 0.6) is 11.5 Å². The number of carbonyl (C=O) groups is 1. The molecule has 7 N–H and O–H groups in total. The molecular formula is C67H97N19O12S4. The maximum absolute atomic E-state index is 12.3. The van der Waals surface area contributed by atoms with Crippen LogP contribution in [0, 0.1) is 41.5 Å². The number of hydrogen-bond acceptors (Lipinski definition) is 25. The molecule has 0 bridgehead atoms. The summed E-state index contributed by atoms with van der Waals surface area (Å²) in [7, 11) is -10.4. The predicted molar refractivity (Wildman–Crippen MR) is 400 cm³/mol. The van der Waals surface area contributed by atoms with E-state index in [4.69, 9.17) is 24.5 Å². The van der Waals surface area contributed by atoms with Crippen LogP contribution in [0.15, 0.2) is 73.8 Å². The summed E-state index contributed by atoms with van der Waals surface area (Å²) in [5, 5.41) is 17.3. The summed E-state index contributed by atoms with van der Waals surface area (Å²) in [6.45, 7) is 23.9. The highest BCUT2D eigenvalue weighted by Gasteiger charge is 2.26. The standard InChI is InChI=1S/C19H29N5O2S.C18H25N5O3S.C15H21N5O2S.C15H22N4O5S/c1-15-12-17-18(13-16(15)2)20-14-21-19(17)24-9-5-8-23(10-11-24)7-4-6-22-27(3,25)26;1-13-10-15-16(11-14(13)2)20-12-21-18(15)23-6-3-5-22(7-8-23)17(24)4-9-27(19,25)26;1-11-8-13-14(9-12(11)2)17-10-18-15(13)19-4-3-5-20(7-6-19)23(16,21)22;1-22-13-8-11-12(9-14(13)23-2)17-10-18-15(11)16-4-6-24-7-5-19-25(3,20)21/h12-14,22H,4-11H2,1-3H3;10-12H,3-9H2,1-2H3,(H2,19,25,26);8-10H,3-7H2,1-2H3,(H2,16,21,22);8-10,19H,4-7H2,1-3H3,(H,16,17,18). The molecule has 4 aromatic heterocycles. The number of benzene rings is 4. The lowest BCUT2D eigenvalue weighted by atomic mass is 10.1. The van der Waals surface area contributed by atoms with Crippen LogP contribution in [0.2, 0.25) is 0 Å². The third-order valence-corrected chi connectivity index (χ3v) is 21.1. The zero-order valence-electron chi connectivity index (χ0n) is 59.8. The van der Waals surface area contributed by atoms with Crippen molar-refractivity contribution in [2.45, 2.75) is 73.6 Å². The summed E-state index contributed by atoms with van der Waals surface area (Å²) < 4.78 is 112. The fourth-order valence-electron chi connectivity index (χ4n) is 11.9. The van der Waals surface area contributed by atoms with Crippen LogP contribution >= 0.6 is 0 Å². The van der Waals surface area contributed by atoms with Crippen molar-refractivity contribution in [3.05, 3.63) is 107 Å². The van der Waals surface area contributed by atoms with Crippen molar-refractivity contribution in [1.29, 1.82) is 0 Å². The molecule has 0 spiro atoms. The van der Waals surface area contributed by atoms with Crippen LogP contribution in [-0.2, 0) is 49.8 Å². The molecule has 35 heteroatoms. The number of hydrogen-bond donors (Lipinski definition) is 5. The van der Waals surface area contributed by atoms with Gasteiger partial charge in [-0.15, -0.1) is 0 Å². The van der Waals surface area contributed by atoms with E-state index in [2.05, 4.69) is 152 Å². The van der Waals surface area contributed by atoms with Crippen molar-refractivity contribution in [2.24, 2.45) is 10.3 Å². The van der Waals surface area contributed by atoms with E-state index < -0.39 is 40.3 Å². The molecule has 0 aliphatic carbocycles. The first-order valence-corrected chi connectivity index (χ1v) is 40.7. The monoisotopic (exact) mass is 1490 g/mol. The first kappa shape index (κ1) is 79.7. The van der Waals surface area contributed by atoms with Gasteiger partial charge in [-0.3, -0.25) is 4.79 Å². The fraction of sp³-hybridized carbons (Fsp3) is 0.507.